The van der Waals surface area contributed by atoms with E-state index in [-0.39, 0.29) is 18.5 Å². The molecule has 0 saturated heterocycles. The first-order valence-electron chi connectivity index (χ1n) is 8.90. The summed E-state index contributed by atoms with van der Waals surface area (Å²) in [5.74, 6) is 0.0616. The van der Waals surface area contributed by atoms with Crippen molar-refractivity contribution >= 4 is 35.2 Å². The first-order chi connectivity index (χ1) is 13.9. The summed E-state index contributed by atoms with van der Waals surface area (Å²) in [6, 6.07) is 12.2. The van der Waals surface area contributed by atoms with E-state index in [1.165, 1.54) is 17.8 Å². The van der Waals surface area contributed by atoms with Crippen molar-refractivity contribution in [1.82, 2.24) is 10.9 Å². The zero-order valence-electron chi connectivity index (χ0n) is 16.0. The number of thioether (sulfide) groups is 1. The van der Waals surface area contributed by atoms with Crippen molar-refractivity contribution in [2.75, 3.05) is 17.9 Å². The van der Waals surface area contributed by atoms with E-state index in [0.717, 1.165) is 5.56 Å². The highest BCUT2D eigenvalue weighted by molar-refractivity contribution is 8.01. The minimum Gasteiger partial charge on any atom is -0.454 e. The number of nitrogens with one attached hydrogen (secondary N) is 3. The smallest absolute Gasteiger partial charge is 0.269 e. The lowest BCUT2D eigenvalue weighted by molar-refractivity contribution is -0.121. The van der Waals surface area contributed by atoms with Crippen molar-refractivity contribution in [1.29, 1.82) is 0 Å². The molecule has 0 saturated carbocycles. The Hall–Kier alpha value is -3.20. The van der Waals surface area contributed by atoms with Crippen LogP contribution in [0.1, 0.15) is 22.8 Å². The minimum atomic E-state index is -0.532. The van der Waals surface area contributed by atoms with Gasteiger partial charge in [-0.05, 0) is 44.2 Å². The molecule has 3 rings (SSSR count). The number of hydrogen-bond donors (Lipinski definition) is 3. The monoisotopic (exact) mass is 415 g/mol. The van der Waals surface area contributed by atoms with Crippen molar-refractivity contribution in [2.24, 2.45) is 0 Å². The van der Waals surface area contributed by atoms with E-state index in [1.807, 2.05) is 31.2 Å². The minimum absolute atomic E-state index is 0.110. The molecule has 152 valence electrons. The van der Waals surface area contributed by atoms with E-state index in [9.17, 15) is 14.4 Å². The van der Waals surface area contributed by atoms with Crippen LogP contribution >= 0.6 is 11.8 Å². The van der Waals surface area contributed by atoms with Crippen molar-refractivity contribution in [3.8, 4) is 11.5 Å². The molecule has 9 heteroatoms. The van der Waals surface area contributed by atoms with Gasteiger partial charge in [-0.1, -0.05) is 17.7 Å². The number of anilines is 1. The van der Waals surface area contributed by atoms with E-state index in [1.54, 1.807) is 19.1 Å². The molecule has 1 heterocycles. The van der Waals surface area contributed by atoms with Crippen LogP contribution < -0.4 is 25.6 Å². The van der Waals surface area contributed by atoms with E-state index in [2.05, 4.69) is 16.2 Å². The van der Waals surface area contributed by atoms with Crippen molar-refractivity contribution in [3.05, 3.63) is 53.6 Å². The molecule has 1 aliphatic heterocycles. The predicted octanol–water partition coefficient (Wildman–Crippen LogP) is 2.25. The van der Waals surface area contributed by atoms with E-state index >= 15 is 0 Å². The third kappa shape index (κ3) is 5.64. The number of amides is 3. The van der Waals surface area contributed by atoms with Crippen molar-refractivity contribution in [3.63, 3.8) is 0 Å². The van der Waals surface area contributed by atoms with Gasteiger partial charge in [-0.15, -0.1) is 11.8 Å². The number of ether oxygens (including phenoxy) is 2. The van der Waals surface area contributed by atoms with E-state index in [4.69, 9.17) is 9.47 Å². The SMILES string of the molecule is Cc1ccc(NC(=O)CS[C@H](C)C(=O)NNC(=O)c2ccc3c(c2)OCO3)cc1. The summed E-state index contributed by atoms with van der Waals surface area (Å²) >= 11 is 1.17. The van der Waals surface area contributed by atoms with Gasteiger partial charge in [-0.25, -0.2) is 0 Å². The fourth-order valence-electron chi connectivity index (χ4n) is 2.44. The van der Waals surface area contributed by atoms with Gasteiger partial charge in [-0.2, -0.15) is 0 Å². The molecule has 0 unspecified atom stereocenters. The van der Waals surface area contributed by atoms with Gasteiger partial charge in [0.2, 0.25) is 12.7 Å². The molecule has 1 atom stereocenters. The van der Waals surface area contributed by atoms with Gasteiger partial charge in [0.1, 0.15) is 0 Å². The van der Waals surface area contributed by atoms with Crippen LogP contribution in [0.3, 0.4) is 0 Å². The number of hydrogen-bond acceptors (Lipinski definition) is 6. The average molecular weight is 415 g/mol. The molecule has 0 bridgehead atoms. The standard InChI is InChI=1S/C20H21N3O5S/c1-12-3-6-15(7-4-12)21-18(24)10-29-13(2)19(25)22-23-20(26)14-5-8-16-17(9-14)28-11-27-16/h3-9,13H,10-11H2,1-2H3,(H,21,24)(H,22,25)(H,23,26)/t13-/m1/s1. The maximum absolute atomic E-state index is 12.2. The summed E-state index contributed by atoms with van der Waals surface area (Å²) in [7, 11) is 0. The zero-order valence-corrected chi connectivity index (χ0v) is 16.8. The van der Waals surface area contributed by atoms with Gasteiger partial charge < -0.3 is 14.8 Å². The molecule has 0 aliphatic carbocycles. The molecule has 0 fully saturated rings. The van der Waals surface area contributed by atoms with Gasteiger partial charge in [-0.3, -0.25) is 25.2 Å². The first kappa shape index (κ1) is 20.5. The highest BCUT2D eigenvalue weighted by Gasteiger charge is 2.19. The van der Waals surface area contributed by atoms with Crippen LogP contribution in [0.2, 0.25) is 0 Å². The highest BCUT2D eigenvalue weighted by Crippen LogP contribution is 2.32. The summed E-state index contributed by atoms with van der Waals surface area (Å²) in [6.45, 7) is 3.74. The second-order valence-electron chi connectivity index (χ2n) is 6.38. The molecule has 0 spiro atoms. The van der Waals surface area contributed by atoms with Crippen molar-refractivity contribution in [2.45, 2.75) is 19.1 Å². The quantitative estimate of drug-likeness (QED) is 0.625. The fourth-order valence-corrected chi connectivity index (χ4v) is 3.12. The average Bonchev–Trinajstić information content (AvgIpc) is 3.19. The Morgan fingerprint density at radius 3 is 2.52 bits per heavy atom. The van der Waals surface area contributed by atoms with Crippen LogP contribution in [0.5, 0.6) is 11.5 Å². The number of aryl methyl sites for hydroxylation is 1. The Labute approximate surface area is 172 Å². The highest BCUT2D eigenvalue weighted by atomic mass is 32.2. The van der Waals surface area contributed by atoms with Gasteiger partial charge in [0.05, 0.1) is 11.0 Å². The molecule has 8 nitrogen and oxygen atoms in total. The second-order valence-corrected chi connectivity index (χ2v) is 7.71. The van der Waals surface area contributed by atoms with Gasteiger partial charge >= 0.3 is 0 Å². The molecule has 0 aromatic heterocycles. The molecule has 29 heavy (non-hydrogen) atoms. The lowest BCUT2D eigenvalue weighted by Crippen LogP contribution is -2.45. The van der Waals surface area contributed by atoms with Crippen LogP contribution in [-0.4, -0.2) is 35.5 Å². The van der Waals surface area contributed by atoms with Crippen LogP contribution in [0.25, 0.3) is 0 Å². The molecule has 2 aromatic carbocycles. The fraction of sp³-hybridized carbons (Fsp3) is 0.250. The molecule has 2 aromatic rings. The lowest BCUT2D eigenvalue weighted by atomic mass is 10.2. The Morgan fingerprint density at radius 1 is 1.03 bits per heavy atom. The summed E-state index contributed by atoms with van der Waals surface area (Å²) in [6.07, 6.45) is 0. The summed E-state index contributed by atoms with van der Waals surface area (Å²) in [4.78, 5) is 36.3. The number of carbonyl (C=O) groups is 3. The number of benzene rings is 2. The molecule has 3 N–H and O–H groups in total. The Kier molecular flexibility index (Phi) is 6.61. The molecule has 0 radical (unpaired) electrons. The van der Waals surface area contributed by atoms with Gasteiger partial charge in [0.15, 0.2) is 11.5 Å². The van der Waals surface area contributed by atoms with Gasteiger partial charge in [0, 0.05) is 11.3 Å². The first-order valence-corrected chi connectivity index (χ1v) is 9.95. The number of rotatable bonds is 6. The molecule has 1 aliphatic rings. The second kappa shape index (κ2) is 9.33. The number of fused-ring (bicyclic) bond motifs is 1. The van der Waals surface area contributed by atoms with Crippen LogP contribution in [0.4, 0.5) is 5.69 Å². The maximum atomic E-state index is 12.2. The van der Waals surface area contributed by atoms with E-state index < -0.39 is 17.1 Å². The van der Waals surface area contributed by atoms with Crippen LogP contribution in [0, 0.1) is 6.92 Å². The number of carbonyl (C=O) groups excluding carboxylic acids is 3. The summed E-state index contributed by atoms with van der Waals surface area (Å²) in [5.41, 5.74) is 6.85. The third-order valence-electron chi connectivity index (χ3n) is 4.10. The Bertz CT molecular complexity index is 917. The molecular formula is C20H21N3O5S. The topological polar surface area (TPSA) is 106 Å². The maximum Gasteiger partial charge on any atom is 0.269 e. The number of hydrazine groups is 1. The van der Waals surface area contributed by atoms with Crippen molar-refractivity contribution < 1.29 is 23.9 Å². The zero-order chi connectivity index (χ0) is 20.8. The lowest BCUT2D eigenvalue weighted by Gasteiger charge is -2.13. The van der Waals surface area contributed by atoms with Gasteiger partial charge in [0.25, 0.3) is 11.8 Å². The summed E-state index contributed by atoms with van der Waals surface area (Å²) < 4.78 is 10.4. The Morgan fingerprint density at radius 2 is 1.76 bits per heavy atom. The normalized spacial score (nSPS) is 12.8. The van der Waals surface area contributed by atoms with E-state index in [0.29, 0.717) is 22.7 Å². The Balaban J connectivity index is 1.41. The predicted molar refractivity (Wildman–Crippen MR) is 110 cm³/mol. The van der Waals surface area contributed by atoms with Crippen LogP contribution in [-0.2, 0) is 9.59 Å². The third-order valence-corrected chi connectivity index (χ3v) is 5.25. The largest absolute Gasteiger partial charge is 0.454 e. The summed E-state index contributed by atoms with van der Waals surface area (Å²) in [5, 5.41) is 2.24. The molecule has 3 amide bonds. The molecular weight excluding hydrogens is 394 g/mol. The van der Waals surface area contributed by atoms with Crippen LogP contribution in [0.15, 0.2) is 42.5 Å².